The molecule has 108 valence electrons. The van der Waals surface area contributed by atoms with Crippen molar-refractivity contribution in [1.82, 2.24) is 4.90 Å². The molecule has 0 bridgehead atoms. The molecule has 0 N–H and O–H groups in total. The van der Waals surface area contributed by atoms with Crippen LogP contribution in [-0.2, 0) is 16.1 Å². The number of nitro groups is 1. The largest absolute Gasteiger partial charge is 0.465 e. The van der Waals surface area contributed by atoms with E-state index in [4.69, 9.17) is 4.74 Å². The van der Waals surface area contributed by atoms with E-state index in [0.717, 1.165) is 24.9 Å². The Morgan fingerprint density at radius 1 is 1.45 bits per heavy atom. The second-order valence-corrected chi connectivity index (χ2v) is 4.80. The normalized spacial score (nSPS) is 18.9. The number of nitro benzene ring substituents is 1. The second-order valence-electron chi connectivity index (χ2n) is 4.80. The van der Waals surface area contributed by atoms with E-state index in [-0.39, 0.29) is 17.7 Å². The van der Waals surface area contributed by atoms with Crippen LogP contribution in [0.4, 0.5) is 5.69 Å². The number of esters is 1. The molecule has 1 aromatic rings. The molecule has 6 nitrogen and oxygen atoms in total. The van der Waals surface area contributed by atoms with E-state index in [0.29, 0.717) is 13.2 Å². The molecule has 1 heterocycles. The van der Waals surface area contributed by atoms with Gasteiger partial charge in [0.1, 0.15) is 6.04 Å². The summed E-state index contributed by atoms with van der Waals surface area (Å²) in [4.78, 5) is 24.1. The number of rotatable bonds is 5. The Balaban J connectivity index is 2.01. The van der Waals surface area contributed by atoms with Gasteiger partial charge in [0.2, 0.25) is 0 Å². The van der Waals surface area contributed by atoms with Gasteiger partial charge in [-0.05, 0) is 31.9 Å². The molecule has 0 spiro atoms. The van der Waals surface area contributed by atoms with E-state index in [2.05, 4.69) is 4.90 Å². The maximum atomic E-state index is 11.8. The number of benzene rings is 1. The van der Waals surface area contributed by atoms with Crippen LogP contribution in [0.3, 0.4) is 0 Å². The number of non-ortho nitro benzene ring substituents is 1. The van der Waals surface area contributed by atoms with Crippen molar-refractivity contribution in [2.75, 3.05) is 13.2 Å². The van der Waals surface area contributed by atoms with E-state index in [1.807, 2.05) is 0 Å². The van der Waals surface area contributed by atoms with Gasteiger partial charge in [-0.15, -0.1) is 0 Å². The fourth-order valence-electron chi connectivity index (χ4n) is 2.48. The topological polar surface area (TPSA) is 72.7 Å². The summed E-state index contributed by atoms with van der Waals surface area (Å²) in [7, 11) is 0. The van der Waals surface area contributed by atoms with Gasteiger partial charge in [0.05, 0.1) is 11.5 Å². The first kappa shape index (κ1) is 14.5. The summed E-state index contributed by atoms with van der Waals surface area (Å²) in [5, 5.41) is 10.6. The zero-order valence-corrected chi connectivity index (χ0v) is 11.4. The minimum Gasteiger partial charge on any atom is -0.465 e. The minimum absolute atomic E-state index is 0.0807. The van der Waals surface area contributed by atoms with Gasteiger partial charge >= 0.3 is 5.97 Å². The summed E-state index contributed by atoms with van der Waals surface area (Å²) < 4.78 is 5.07. The van der Waals surface area contributed by atoms with Crippen molar-refractivity contribution >= 4 is 11.7 Å². The first-order valence-corrected chi connectivity index (χ1v) is 6.76. The van der Waals surface area contributed by atoms with Gasteiger partial charge in [-0.2, -0.15) is 0 Å². The Bertz CT molecular complexity index is 486. The summed E-state index contributed by atoms with van der Waals surface area (Å²) in [6.45, 7) is 3.65. The number of hydrogen-bond acceptors (Lipinski definition) is 5. The molecule has 0 amide bonds. The van der Waals surface area contributed by atoms with Crippen molar-refractivity contribution in [2.24, 2.45) is 0 Å². The minimum atomic E-state index is -0.416. The van der Waals surface area contributed by atoms with E-state index >= 15 is 0 Å². The van der Waals surface area contributed by atoms with Gasteiger partial charge in [0.15, 0.2) is 0 Å². The molecular weight excluding hydrogens is 260 g/mol. The molecule has 0 aliphatic carbocycles. The van der Waals surface area contributed by atoms with Crippen molar-refractivity contribution in [2.45, 2.75) is 32.4 Å². The first-order valence-electron chi connectivity index (χ1n) is 6.76. The lowest BCUT2D eigenvalue weighted by Gasteiger charge is -2.22. The van der Waals surface area contributed by atoms with Crippen LogP contribution in [-0.4, -0.2) is 35.0 Å². The Hall–Kier alpha value is -1.95. The molecule has 0 unspecified atom stereocenters. The third-order valence-electron chi connectivity index (χ3n) is 3.46. The van der Waals surface area contributed by atoms with E-state index in [9.17, 15) is 14.9 Å². The highest BCUT2D eigenvalue weighted by Crippen LogP contribution is 2.22. The first-order chi connectivity index (χ1) is 9.61. The van der Waals surface area contributed by atoms with Crippen LogP contribution in [0.15, 0.2) is 24.3 Å². The summed E-state index contributed by atoms with van der Waals surface area (Å²) in [6.07, 6.45) is 1.78. The average molecular weight is 278 g/mol. The van der Waals surface area contributed by atoms with Gasteiger partial charge in [0.25, 0.3) is 5.69 Å². The summed E-state index contributed by atoms with van der Waals surface area (Å²) >= 11 is 0. The maximum Gasteiger partial charge on any atom is 0.323 e. The van der Waals surface area contributed by atoms with Gasteiger partial charge in [-0.3, -0.25) is 19.8 Å². The fourth-order valence-corrected chi connectivity index (χ4v) is 2.48. The quantitative estimate of drug-likeness (QED) is 0.468. The van der Waals surface area contributed by atoms with Crippen molar-refractivity contribution < 1.29 is 14.5 Å². The van der Waals surface area contributed by atoms with Crippen LogP contribution in [0.5, 0.6) is 0 Å². The van der Waals surface area contributed by atoms with Crippen molar-refractivity contribution in [1.29, 1.82) is 0 Å². The Morgan fingerprint density at radius 3 is 2.75 bits per heavy atom. The molecule has 0 radical (unpaired) electrons. The smallest absolute Gasteiger partial charge is 0.323 e. The molecule has 1 fully saturated rings. The number of hydrogen-bond donors (Lipinski definition) is 0. The molecule has 1 saturated heterocycles. The van der Waals surface area contributed by atoms with Gasteiger partial charge in [0, 0.05) is 18.7 Å². The highest BCUT2D eigenvalue weighted by molar-refractivity contribution is 5.76. The lowest BCUT2D eigenvalue weighted by atomic mass is 10.1. The summed E-state index contributed by atoms with van der Waals surface area (Å²) in [5.41, 5.74) is 1.05. The zero-order valence-electron chi connectivity index (χ0n) is 11.4. The predicted octanol–water partition coefficient (Wildman–Crippen LogP) is 2.12. The SMILES string of the molecule is CCOC(=O)[C@H]1CCCN1Cc1ccc([N+](=O)[O-])cc1. The molecule has 1 aliphatic heterocycles. The van der Waals surface area contributed by atoms with E-state index < -0.39 is 4.92 Å². The number of ether oxygens (including phenoxy) is 1. The standard InChI is InChI=1S/C14H18N2O4/c1-2-20-14(17)13-4-3-9-15(13)10-11-5-7-12(8-6-11)16(18)19/h5-8,13H,2-4,9-10H2,1H3/t13-/m1/s1. The van der Waals surface area contributed by atoms with Crippen LogP contribution in [0.25, 0.3) is 0 Å². The lowest BCUT2D eigenvalue weighted by Crippen LogP contribution is -2.36. The Labute approximate surface area is 117 Å². The van der Waals surface area contributed by atoms with Crippen LogP contribution < -0.4 is 0 Å². The molecule has 1 aliphatic rings. The van der Waals surface area contributed by atoms with Gasteiger partial charge in [-0.25, -0.2) is 0 Å². The number of carbonyl (C=O) groups excluding carboxylic acids is 1. The Morgan fingerprint density at radius 2 is 2.15 bits per heavy atom. The molecule has 1 atom stereocenters. The van der Waals surface area contributed by atoms with Crippen LogP contribution >= 0.6 is 0 Å². The monoisotopic (exact) mass is 278 g/mol. The number of carbonyl (C=O) groups is 1. The fraction of sp³-hybridized carbons (Fsp3) is 0.500. The highest BCUT2D eigenvalue weighted by Gasteiger charge is 2.31. The molecule has 1 aromatic carbocycles. The molecule has 0 saturated carbocycles. The number of nitrogens with zero attached hydrogens (tertiary/aromatic N) is 2. The van der Waals surface area contributed by atoms with Gasteiger partial charge < -0.3 is 4.74 Å². The van der Waals surface area contributed by atoms with Crippen molar-refractivity contribution in [3.63, 3.8) is 0 Å². The molecule has 2 rings (SSSR count). The number of likely N-dealkylation sites (tertiary alicyclic amines) is 1. The predicted molar refractivity (Wildman–Crippen MR) is 73.2 cm³/mol. The van der Waals surface area contributed by atoms with Gasteiger partial charge in [-0.1, -0.05) is 12.1 Å². The average Bonchev–Trinajstić information content (AvgIpc) is 2.88. The van der Waals surface area contributed by atoms with Crippen molar-refractivity contribution in [3.8, 4) is 0 Å². The molecule has 20 heavy (non-hydrogen) atoms. The highest BCUT2D eigenvalue weighted by atomic mass is 16.6. The maximum absolute atomic E-state index is 11.8. The van der Waals surface area contributed by atoms with E-state index in [1.165, 1.54) is 12.1 Å². The summed E-state index contributed by atoms with van der Waals surface area (Å²) in [6, 6.07) is 6.26. The van der Waals surface area contributed by atoms with Crippen LogP contribution in [0.2, 0.25) is 0 Å². The molecular formula is C14H18N2O4. The Kier molecular flexibility index (Phi) is 4.68. The van der Waals surface area contributed by atoms with Crippen LogP contribution in [0.1, 0.15) is 25.3 Å². The zero-order chi connectivity index (χ0) is 14.5. The van der Waals surface area contributed by atoms with E-state index in [1.54, 1.807) is 19.1 Å². The second kappa shape index (κ2) is 6.47. The molecule has 0 aromatic heterocycles. The third kappa shape index (κ3) is 3.33. The third-order valence-corrected chi connectivity index (χ3v) is 3.46. The molecule has 6 heteroatoms. The lowest BCUT2D eigenvalue weighted by molar-refractivity contribution is -0.384. The van der Waals surface area contributed by atoms with Crippen molar-refractivity contribution in [3.05, 3.63) is 39.9 Å². The summed E-state index contributed by atoms with van der Waals surface area (Å²) in [5.74, 6) is -0.174. The van der Waals surface area contributed by atoms with Crippen LogP contribution in [0, 0.1) is 10.1 Å².